The Labute approximate surface area is 220 Å². The lowest BCUT2D eigenvalue weighted by Gasteiger charge is -2.37. The van der Waals surface area contributed by atoms with Gasteiger partial charge in [-0.2, -0.15) is 0 Å². The molecule has 10 nitrogen and oxygen atoms in total. The zero-order valence-corrected chi connectivity index (χ0v) is 22.0. The van der Waals surface area contributed by atoms with Gasteiger partial charge in [-0.15, -0.1) is 0 Å². The van der Waals surface area contributed by atoms with Crippen LogP contribution in [0.15, 0.2) is 30.3 Å². The molecule has 0 bridgehead atoms. The van der Waals surface area contributed by atoms with Crippen molar-refractivity contribution in [3.05, 3.63) is 51.0 Å². The van der Waals surface area contributed by atoms with E-state index in [0.29, 0.717) is 78.9 Å². The number of amides is 1. The van der Waals surface area contributed by atoms with Crippen LogP contribution in [-0.2, 0) is 0 Å². The first kappa shape index (κ1) is 27.3. The maximum absolute atomic E-state index is 13.0. The molecule has 1 aliphatic rings. The quantitative estimate of drug-likeness (QED) is 0.285. The smallest absolute Gasteiger partial charge is 0.271 e. The first-order chi connectivity index (χ1) is 17.3. The van der Waals surface area contributed by atoms with Crippen molar-refractivity contribution in [1.29, 1.82) is 0 Å². The number of nitrogens with one attached hydrogen (secondary N) is 1. The van der Waals surface area contributed by atoms with E-state index in [4.69, 9.17) is 38.0 Å². The van der Waals surface area contributed by atoms with Crippen LogP contribution in [0.25, 0.3) is 0 Å². The Kier molecular flexibility index (Phi) is 9.54. The predicted octanol–water partition coefficient (Wildman–Crippen LogP) is 4.28. The lowest BCUT2D eigenvalue weighted by molar-refractivity contribution is -0.384. The summed E-state index contributed by atoms with van der Waals surface area (Å²) >= 11 is 11.8. The zero-order valence-electron chi connectivity index (χ0n) is 20.4. The Morgan fingerprint density at radius 2 is 1.61 bits per heavy atom. The molecule has 12 heteroatoms. The van der Waals surface area contributed by atoms with Crippen molar-refractivity contribution >= 4 is 46.2 Å². The van der Waals surface area contributed by atoms with Crippen LogP contribution < -0.4 is 24.4 Å². The molecule has 0 aromatic heterocycles. The second kappa shape index (κ2) is 12.6. The van der Waals surface area contributed by atoms with E-state index in [1.54, 1.807) is 18.2 Å². The van der Waals surface area contributed by atoms with Crippen molar-refractivity contribution in [3.8, 4) is 17.2 Å². The number of nitro benzene ring substituents is 1. The molecular weight excluding hydrogens is 508 g/mol. The first-order valence-corrected chi connectivity index (χ1v) is 12.4. The molecule has 1 saturated heterocycles. The average Bonchev–Trinajstić information content (AvgIpc) is 2.86. The van der Waals surface area contributed by atoms with E-state index >= 15 is 0 Å². The Hall–Kier alpha value is -3.31. The number of rotatable bonds is 9. The van der Waals surface area contributed by atoms with E-state index in [2.05, 4.69) is 5.32 Å². The van der Waals surface area contributed by atoms with Crippen molar-refractivity contribution in [1.82, 2.24) is 10.2 Å². The van der Waals surface area contributed by atoms with Crippen LogP contribution in [0.4, 0.5) is 11.4 Å². The fraction of sp³-hybridized carbons (Fsp3) is 0.417. The SMILES string of the molecule is CCOc1cc(C(=O)NC(=S)N2CCN(c3ccc([N+](=O)[O-])cc3Cl)CC2)cc(OCC)c1OCC. The van der Waals surface area contributed by atoms with Gasteiger partial charge in [0.2, 0.25) is 5.75 Å². The third kappa shape index (κ3) is 6.46. The minimum atomic E-state index is -0.478. The van der Waals surface area contributed by atoms with E-state index in [-0.39, 0.29) is 11.6 Å². The maximum Gasteiger partial charge on any atom is 0.271 e. The Morgan fingerprint density at radius 1 is 1.03 bits per heavy atom. The third-order valence-corrected chi connectivity index (χ3v) is 6.10. The van der Waals surface area contributed by atoms with Gasteiger partial charge < -0.3 is 24.0 Å². The van der Waals surface area contributed by atoms with Crippen LogP contribution in [0.1, 0.15) is 31.1 Å². The van der Waals surface area contributed by atoms with Crippen LogP contribution in [0.2, 0.25) is 5.02 Å². The second-order valence-corrected chi connectivity index (χ2v) is 8.52. The van der Waals surface area contributed by atoms with E-state index < -0.39 is 4.92 Å². The molecule has 2 aromatic rings. The van der Waals surface area contributed by atoms with Crippen molar-refractivity contribution in [2.24, 2.45) is 0 Å². The summed E-state index contributed by atoms with van der Waals surface area (Å²) < 4.78 is 17.1. The zero-order chi connectivity index (χ0) is 26.2. The van der Waals surface area contributed by atoms with E-state index in [0.717, 1.165) is 5.69 Å². The fourth-order valence-electron chi connectivity index (χ4n) is 3.78. The minimum absolute atomic E-state index is 0.0550. The lowest BCUT2D eigenvalue weighted by atomic mass is 10.1. The number of benzene rings is 2. The number of nitrogens with zero attached hydrogens (tertiary/aromatic N) is 3. The van der Waals surface area contributed by atoms with E-state index in [1.165, 1.54) is 12.1 Å². The minimum Gasteiger partial charge on any atom is -0.490 e. The molecular formula is C24H29ClN4O6S. The van der Waals surface area contributed by atoms with Gasteiger partial charge in [-0.1, -0.05) is 11.6 Å². The van der Waals surface area contributed by atoms with E-state index in [9.17, 15) is 14.9 Å². The normalized spacial score (nSPS) is 13.2. The summed E-state index contributed by atoms with van der Waals surface area (Å²) in [5, 5.41) is 14.4. The molecule has 0 aliphatic carbocycles. The monoisotopic (exact) mass is 536 g/mol. The van der Waals surface area contributed by atoms with Crippen molar-refractivity contribution < 1.29 is 23.9 Å². The molecule has 2 aromatic carbocycles. The number of nitro groups is 1. The number of carbonyl (C=O) groups excluding carboxylic acids is 1. The Morgan fingerprint density at radius 3 is 2.11 bits per heavy atom. The number of carbonyl (C=O) groups is 1. The number of thiocarbonyl (C=S) groups is 1. The van der Waals surface area contributed by atoms with Crippen molar-refractivity contribution in [2.75, 3.05) is 50.9 Å². The largest absolute Gasteiger partial charge is 0.490 e. The van der Waals surface area contributed by atoms with Crippen LogP contribution in [0.5, 0.6) is 17.2 Å². The highest BCUT2D eigenvalue weighted by Crippen LogP contribution is 2.39. The third-order valence-electron chi connectivity index (χ3n) is 5.44. The van der Waals surface area contributed by atoms with Gasteiger partial charge in [-0.3, -0.25) is 20.2 Å². The van der Waals surface area contributed by atoms with Gasteiger partial charge >= 0.3 is 0 Å². The number of non-ortho nitro benzene ring substituents is 1. The molecule has 1 heterocycles. The van der Waals surface area contributed by atoms with Gasteiger partial charge in [0.05, 0.1) is 35.5 Å². The number of halogens is 1. The summed E-state index contributed by atoms with van der Waals surface area (Å²) in [7, 11) is 0. The van der Waals surface area contributed by atoms with Gasteiger partial charge in [0.15, 0.2) is 16.6 Å². The highest BCUT2D eigenvalue weighted by molar-refractivity contribution is 7.80. The molecule has 1 fully saturated rings. The molecule has 0 saturated carbocycles. The summed E-state index contributed by atoms with van der Waals surface area (Å²) in [6.07, 6.45) is 0. The van der Waals surface area contributed by atoms with Gasteiger partial charge in [-0.25, -0.2) is 0 Å². The summed E-state index contributed by atoms with van der Waals surface area (Å²) in [6.45, 7) is 9.04. The molecule has 0 atom stereocenters. The summed E-state index contributed by atoms with van der Waals surface area (Å²) in [5.74, 6) is 0.928. The van der Waals surface area contributed by atoms with Crippen LogP contribution >= 0.6 is 23.8 Å². The Bertz CT molecular complexity index is 1100. The number of piperazine rings is 1. The Balaban J connectivity index is 1.67. The molecule has 3 rings (SSSR count). The number of anilines is 1. The standard InChI is InChI=1S/C24H29ClN4O6S/c1-4-33-20-13-16(14-21(34-5-2)22(20)35-6-3)23(30)26-24(36)28-11-9-27(10-12-28)19-8-7-17(29(31)32)15-18(19)25/h7-8,13-15H,4-6,9-12H2,1-3H3,(H,26,30,36). The maximum atomic E-state index is 13.0. The fourth-order valence-corrected chi connectivity index (χ4v) is 4.35. The first-order valence-electron chi connectivity index (χ1n) is 11.6. The van der Waals surface area contributed by atoms with E-state index in [1.807, 2.05) is 30.6 Å². The summed E-state index contributed by atoms with van der Waals surface area (Å²) in [5.41, 5.74) is 1.00. The number of ether oxygens (including phenoxy) is 3. The highest BCUT2D eigenvalue weighted by atomic mass is 35.5. The van der Waals surface area contributed by atoms with Crippen molar-refractivity contribution in [3.63, 3.8) is 0 Å². The van der Waals surface area contributed by atoms with Crippen LogP contribution in [0.3, 0.4) is 0 Å². The summed E-state index contributed by atoms with van der Waals surface area (Å²) in [6, 6.07) is 7.65. The summed E-state index contributed by atoms with van der Waals surface area (Å²) in [4.78, 5) is 27.4. The molecule has 194 valence electrons. The topological polar surface area (TPSA) is 106 Å². The molecule has 0 unspecified atom stereocenters. The molecule has 1 aliphatic heterocycles. The molecule has 0 spiro atoms. The van der Waals surface area contributed by atoms with Crippen LogP contribution in [0, 0.1) is 10.1 Å². The number of hydrogen-bond donors (Lipinski definition) is 1. The van der Waals surface area contributed by atoms with Crippen molar-refractivity contribution in [2.45, 2.75) is 20.8 Å². The van der Waals surface area contributed by atoms with Gasteiger partial charge in [0.1, 0.15) is 0 Å². The van der Waals surface area contributed by atoms with Gasteiger partial charge in [0.25, 0.3) is 11.6 Å². The van der Waals surface area contributed by atoms with Crippen LogP contribution in [-0.4, -0.2) is 66.8 Å². The van der Waals surface area contributed by atoms with Gasteiger partial charge in [0, 0.05) is 43.9 Å². The molecule has 1 amide bonds. The molecule has 0 radical (unpaired) electrons. The predicted molar refractivity (Wildman–Crippen MR) is 142 cm³/mol. The number of hydrogen-bond acceptors (Lipinski definition) is 8. The average molecular weight is 537 g/mol. The second-order valence-electron chi connectivity index (χ2n) is 7.73. The molecule has 1 N–H and O–H groups in total. The highest BCUT2D eigenvalue weighted by Gasteiger charge is 2.24. The lowest BCUT2D eigenvalue weighted by Crippen LogP contribution is -2.52. The van der Waals surface area contributed by atoms with Gasteiger partial charge in [-0.05, 0) is 51.2 Å². The molecule has 36 heavy (non-hydrogen) atoms.